The van der Waals surface area contributed by atoms with Gasteiger partial charge in [-0.2, -0.15) is 0 Å². The molecule has 28 heavy (non-hydrogen) atoms. The quantitative estimate of drug-likeness (QED) is 0.639. The zero-order valence-corrected chi connectivity index (χ0v) is 16.6. The van der Waals surface area contributed by atoms with E-state index in [0.29, 0.717) is 5.52 Å². The number of nitrogens with one attached hydrogen (secondary N) is 1. The maximum absolute atomic E-state index is 13.1. The van der Waals surface area contributed by atoms with Crippen molar-refractivity contribution in [2.45, 2.75) is 46.3 Å². The molecule has 1 heterocycles. The van der Waals surface area contributed by atoms with Crippen LogP contribution in [0.2, 0.25) is 0 Å². The Balaban J connectivity index is 2.01. The molecule has 6 nitrogen and oxygen atoms in total. The second kappa shape index (κ2) is 8.04. The van der Waals surface area contributed by atoms with Crippen molar-refractivity contribution in [3.8, 4) is 0 Å². The normalized spacial score (nSPS) is 12.8. The Hall–Kier alpha value is -2.83. The number of anilines is 1. The Morgan fingerprint density at radius 3 is 2.39 bits per heavy atom. The van der Waals surface area contributed by atoms with E-state index in [9.17, 15) is 9.90 Å². The number of rotatable bonds is 6. The molecule has 148 valence electrons. The molecule has 0 spiro atoms. The molecule has 0 aliphatic heterocycles. The molecule has 0 bridgehead atoms. The summed E-state index contributed by atoms with van der Waals surface area (Å²) in [5.74, 6) is 0. The predicted octanol–water partition coefficient (Wildman–Crippen LogP) is 3.44. The molecule has 3 aromatic rings. The van der Waals surface area contributed by atoms with Crippen LogP contribution < -0.4 is 15.7 Å². The average Bonchev–Trinajstić information content (AvgIpc) is 2.64. The van der Waals surface area contributed by atoms with Crippen LogP contribution in [0, 0.1) is 6.92 Å². The maximum Gasteiger partial charge on any atom is 0.307 e. The number of hydrogen-bond acceptors (Lipinski definition) is 5. The van der Waals surface area contributed by atoms with E-state index in [1.807, 2.05) is 82.3 Å². The van der Waals surface area contributed by atoms with Crippen LogP contribution in [0.25, 0.3) is 10.9 Å². The molecule has 1 aromatic heterocycles. The number of benzene rings is 2. The average molecular weight is 382 g/mol. The summed E-state index contributed by atoms with van der Waals surface area (Å²) < 4.78 is 6.75. The third-order valence-electron chi connectivity index (χ3n) is 4.24. The standard InChI is InChI=1S/C22H26N2O4/c1-15-17-12-8-9-13-18(17)24(27-14-16-10-6-5-7-11-16)20(25)19(15)23-21(26)28-22(2,3)4/h5-13,21,23,26H,14H2,1-4H3. The largest absolute Gasteiger partial charge is 0.405 e. The summed E-state index contributed by atoms with van der Waals surface area (Å²) in [5.41, 5.74) is 1.62. The number of para-hydroxylation sites is 1. The summed E-state index contributed by atoms with van der Waals surface area (Å²) in [4.78, 5) is 19.0. The van der Waals surface area contributed by atoms with Gasteiger partial charge in [-0.25, -0.2) is 0 Å². The van der Waals surface area contributed by atoms with Crippen molar-refractivity contribution in [1.29, 1.82) is 0 Å². The minimum atomic E-state index is -1.32. The molecule has 1 atom stereocenters. The summed E-state index contributed by atoms with van der Waals surface area (Å²) in [5, 5.41) is 13.9. The van der Waals surface area contributed by atoms with Crippen LogP contribution in [-0.2, 0) is 11.3 Å². The Labute approximate surface area is 164 Å². The van der Waals surface area contributed by atoms with Crippen LogP contribution in [0.4, 0.5) is 5.69 Å². The van der Waals surface area contributed by atoms with E-state index in [-0.39, 0.29) is 17.9 Å². The summed E-state index contributed by atoms with van der Waals surface area (Å²) in [6.45, 7) is 7.55. The first-order valence-corrected chi connectivity index (χ1v) is 9.20. The number of aryl methyl sites for hydroxylation is 1. The van der Waals surface area contributed by atoms with E-state index in [1.165, 1.54) is 4.73 Å². The fourth-order valence-corrected chi connectivity index (χ4v) is 2.97. The molecule has 0 saturated heterocycles. The van der Waals surface area contributed by atoms with Crippen LogP contribution in [0.3, 0.4) is 0 Å². The Bertz CT molecular complexity index is 1010. The number of aliphatic hydroxyl groups excluding tert-OH is 1. The minimum Gasteiger partial charge on any atom is -0.405 e. The number of fused-ring (bicyclic) bond motifs is 1. The van der Waals surface area contributed by atoms with Crippen LogP contribution in [0.15, 0.2) is 59.4 Å². The highest BCUT2D eigenvalue weighted by Crippen LogP contribution is 2.23. The highest BCUT2D eigenvalue weighted by molar-refractivity contribution is 5.86. The van der Waals surface area contributed by atoms with Crippen molar-refractivity contribution in [2.75, 3.05) is 5.32 Å². The van der Waals surface area contributed by atoms with Crippen molar-refractivity contribution in [3.63, 3.8) is 0 Å². The summed E-state index contributed by atoms with van der Waals surface area (Å²) in [7, 11) is 0. The number of nitrogens with zero attached hydrogens (tertiary/aromatic N) is 1. The molecule has 0 fully saturated rings. The smallest absolute Gasteiger partial charge is 0.307 e. The molecule has 0 saturated carbocycles. The second-order valence-electron chi connectivity index (χ2n) is 7.60. The van der Waals surface area contributed by atoms with Crippen molar-refractivity contribution in [2.24, 2.45) is 0 Å². The van der Waals surface area contributed by atoms with Crippen molar-refractivity contribution < 1.29 is 14.7 Å². The zero-order valence-electron chi connectivity index (χ0n) is 16.6. The molecule has 2 N–H and O–H groups in total. The molecule has 3 rings (SSSR count). The monoisotopic (exact) mass is 382 g/mol. The predicted molar refractivity (Wildman–Crippen MR) is 110 cm³/mol. The molecule has 2 aromatic carbocycles. The molecule has 0 aliphatic rings. The fraction of sp³-hybridized carbons (Fsp3) is 0.318. The van der Waals surface area contributed by atoms with Gasteiger partial charge in [0, 0.05) is 5.39 Å². The van der Waals surface area contributed by atoms with E-state index in [1.54, 1.807) is 0 Å². The third kappa shape index (κ3) is 4.52. The highest BCUT2D eigenvalue weighted by atomic mass is 16.7. The molecule has 0 amide bonds. The first kappa shape index (κ1) is 19.9. The van der Waals surface area contributed by atoms with Gasteiger partial charge in [0.1, 0.15) is 12.3 Å². The van der Waals surface area contributed by atoms with Gasteiger partial charge in [0.15, 0.2) is 0 Å². The lowest BCUT2D eigenvalue weighted by Gasteiger charge is -2.26. The lowest BCUT2D eigenvalue weighted by molar-refractivity contribution is -0.148. The van der Waals surface area contributed by atoms with Crippen molar-refractivity contribution in [3.05, 3.63) is 76.1 Å². The number of pyridine rings is 1. The number of aliphatic hydroxyl groups is 1. The topological polar surface area (TPSA) is 72.7 Å². The molecule has 0 radical (unpaired) electrons. The number of aromatic nitrogens is 1. The van der Waals surface area contributed by atoms with Gasteiger partial charge >= 0.3 is 5.56 Å². The van der Waals surface area contributed by atoms with E-state index < -0.39 is 12.0 Å². The van der Waals surface area contributed by atoms with Gasteiger partial charge in [0.25, 0.3) is 0 Å². The Morgan fingerprint density at radius 2 is 1.71 bits per heavy atom. The van der Waals surface area contributed by atoms with Crippen molar-refractivity contribution >= 4 is 16.6 Å². The van der Waals surface area contributed by atoms with Gasteiger partial charge in [0.05, 0.1) is 11.1 Å². The SMILES string of the molecule is Cc1c(NC(O)OC(C)(C)C)c(=O)n(OCc2ccccc2)c2ccccc12. The zero-order chi connectivity index (χ0) is 20.3. The number of ether oxygens (including phenoxy) is 1. The first-order chi connectivity index (χ1) is 13.3. The second-order valence-corrected chi connectivity index (χ2v) is 7.60. The van der Waals surface area contributed by atoms with Gasteiger partial charge in [-0.05, 0) is 44.9 Å². The maximum atomic E-state index is 13.1. The van der Waals surface area contributed by atoms with Gasteiger partial charge in [-0.3, -0.25) is 4.79 Å². The Morgan fingerprint density at radius 1 is 1.07 bits per heavy atom. The Kier molecular flexibility index (Phi) is 5.72. The summed E-state index contributed by atoms with van der Waals surface area (Å²) in [6, 6.07) is 17.1. The van der Waals surface area contributed by atoms with Crippen LogP contribution in [0.1, 0.15) is 31.9 Å². The molecular weight excluding hydrogens is 356 g/mol. The van der Waals surface area contributed by atoms with Gasteiger partial charge in [-0.1, -0.05) is 48.5 Å². The third-order valence-corrected chi connectivity index (χ3v) is 4.24. The lowest BCUT2D eigenvalue weighted by atomic mass is 10.1. The molecule has 0 aliphatic carbocycles. The fourth-order valence-electron chi connectivity index (χ4n) is 2.97. The van der Waals surface area contributed by atoms with E-state index >= 15 is 0 Å². The lowest BCUT2D eigenvalue weighted by Crippen LogP contribution is -2.37. The first-order valence-electron chi connectivity index (χ1n) is 9.20. The number of hydrogen-bond donors (Lipinski definition) is 2. The molecular formula is C22H26N2O4. The summed E-state index contributed by atoms with van der Waals surface area (Å²) >= 11 is 0. The van der Waals surface area contributed by atoms with Gasteiger partial charge in [-0.15, -0.1) is 4.73 Å². The minimum absolute atomic E-state index is 0.239. The van der Waals surface area contributed by atoms with E-state index in [4.69, 9.17) is 9.57 Å². The molecule has 6 heteroatoms. The molecule has 1 unspecified atom stereocenters. The van der Waals surface area contributed by atoms with Crippen LogP contribution in [-0.4, -0.2) is 21.9 Å². The van der Waals surface area contributed by atoms with E-state index in [2.05, 4.69) is 5.32 Å². The van der Waals surface area contributed by atoms with Crippen LogP contribution >= 0.6 is 0 Å². The highest BCUT2D eigenvalue weighted by Gasteiger charge is 2.21. The van der Waals surface area contributed by atoms with Crippen LogP contribution in [0.5, 0.6) is 0 Å². The van der Waals surface area contributed by atoms with Gasteiger partial charge in [0.2, 0.25) is 6.41 Å². The summed E-state index contributed by atoms with van der Waals surface area (Å²) in [6.07, 6.45) is -1.32. The van der Waals surface area contributed by atoms with Crippen molar-refractivity contribution in [1.82, 2.24) is 4.73 Å². The van der Waals surface area contributed by atoms with Gasteiger partial charge < -0.3 is 20.0 Å². The van der Waals surface area contributed by atoms with E-state index in [0.717, 1.165) is 16.5 Å².